The van der Waals surface area contributed by atoms with Crippen LogP contribution in [0.15, 0.2) is 79.1 Å². The number of benzene rings is 2. The maximum Gasteiger partial charge on any atom is 0.242 e. The number of fused-ring (bicyclic) bond motifs is 15. The van der Waals surface area contributed by atoms with Crippen LogP contribution >= 0.6 is 11.6 Å². The summed E-state index contributed by atoms with van der Waals surface area (Å²) in [6.45, 7) is 2.11. The van der Waals surface area contributed by atoms with Crippen LogP contribution in [-0.4, -0.2) is 95.4 Å². The van der Waals surface area contributed by atoms with E-state index >= 15 is 0 Å². The van der Waals surface area contributed by atoms with Crippen LogP contribution in [0.3, 0.4) is 0 Å². The van der Waals surface area contributed by atoms with E-state index in [-0.39, 0.29) is 43.0 Å². The highest BCUT2D eigenvalue weighted by Crippen LogP contribution is 2.33. The number of hydrogen-bond acceptors (Lipinski definition) is 7. The Morgan fingerprint density at radius 2 is 1.76 bits per heavy atom. The quantitative estimate of drug-likeness (QED) is 0.236. The van der Waals surface area contributed by atoms with E-state index in [0.29, 0.717) is 87.6 Å². The van der Waals surface area contributed by atoms with Crippen molar-refractivity contribution >= 4 is 35.2 Å². The molecule has 2 atom stereocenters. The Hall–Kier alpha value is -5.36. The molecule has 55 heavy (non-hydrogen) atoms. The first-order chi connectivity index (χ1) is 26.7. The van der Waals surface area contributed by atoms with Crippen LogP contribution in [0.2, 0.25) is 5.02 Å². The molecular formula is C42H49ClN6O6. The Kier molecular flexibility index (Phi) is 13.8. The first-order valence-corrected chi connectivity index (χ1v) is 19.4. The minimum absolute atomic E-state index is 0.0121. The number of amides is 4. The molecule has 2 aromatic heterocycles. The predicted octanol–water partition coefficient (Wildman–Crippen LogP) is 5.14. The number of aromatic nitrogens is 2. The average Bonchev–Trinajstić information content (AvgIpc) is 3.85. The first kappa shape index (κ1) is 39.3. The van der Waals surface area contributed by atoms with E-state index in [1.807, 2.05) is 71.6 Å². The zero-order valence-electron chi connectivity index (χ0n) is 31.2. The van der Waals surface area contributed by atoms with Crippen LogP contribution < -0.4 is 20.1 Å². The molecule has 13 heteroatoms. The van der Waals surface area contributed by atoms with E-state index in [0.717, 1.165) is 28.1 Å². The average molecular weight is 769 g/mol. The van der Waals surface area contributed by atoms with E-state index in [4.69, 9.17) is 21.1 Å². The Morgan fingerprint density at radius 1 is 0.945 bits per heavy atom. The summed E-state index contributed by atoms with van der Waals surface area (Å²) in [5.41, 5.74) is 4.59. The van der Waals surface area contributed by atoms with E-state index < -0.39 is 12.1 Å². The summed E-state index contributed by atoms with van der Waals surface area (Å²) in [6, 6.07) is 20.1. The van der Waals surface area contributed by atoms with Crippen LogP contribution in [0, 0.1) is 0 Å². The number of aryl methyl sites for hydroxylation is 2. The normalized spacial score (nSPS) is 18.7. The van der Waals surface area contributed by atoms with E-state index in [2.05, 4.69) is 20.6 Å². The SMILES string of the molecule is COc1cc2ccc1O[C@H]1C[C@@H](C(=O)NCCCCN(C(=O)Cc3cccnc3)CCCNC(=O)CC2)N(C(=O)CCc2ccc(-c3ccc(Cl)cc3)[nH]2)C1. The molecule has 0 aliphatic carbocycles. The van der Waals surface area contributed by atoms with E-state index in [1.165, 1.54) is 0 Å². The molecule has 12 nitrogen and oxygen atoms in total. The maximum absolute atomic E-state index is 13.8. The number of H-pyrrole nitrogens is 1. The van der Waals surface area contributed by atoms with Crippen molar-refractivity contribution in [3.05, 3.63) is 101 Å². The van der Waals surface area contributed by atoms with Crippen molar-refractivity contribution in [3.63, 3.8) is 0 Å². The zero-order valence-corrected chi connectivity index (χ0v) is 32.0. The molecule has 4 bridgehead atoms. The van der Waals surface area contributed by atoms with Crippen LogP contribution in [0.1, 0.15) is 55.3 Å². The Morgan fingerprint density at radius 3 is 2.56 bits per heavy atom. The minimum atomic E-state index is -0.704. The molecule has 4 amide bonds. The highest BCUT2D eigenvalue weighted by Gasteiger charge is 2.40. The fourth-order valence-corrected chi connectivity index (χ4v) is 7.20. The number of rotatable bonds is 7. The van der Waals surface area contributed by atoms with Crippen molar-refractivity contribution in [2.24, 2.45) is 0 Å². The lowest BCUT2D eigenvalue weighted by molar-refractivity contribution is -0.138. The van der Waals surface area contributed by atoms with Gasteiger partial charge < -0.3 is 34.9 Å². The van der Waals surface area contributed by atoms with Gasteiger partial charge in [0, 0.05) is 74.2 Å². The molecule has 0 unspecified atom stereocenters. The summed E-state index contributed by atoms with van der Waals surface area (Å²) in [6.07, 6.45) is 6.92. The van der Waals surface area contributed by atoms with Gasteiger partial charge in [0.05, 0.1) is 20.1 Å². The molecular weight excluding hydrogens is 720 g/mol. The third kappa shape index (κ3) is 11.1. The molecule has 290 valence electrons. The van der Waals surface area contributed by atoms with Crippen molar-refractivity contribution in [2.45, 2.75) is 69.9 Å². The second kappa shape index (κ2) is 19.3. The summed E-state index contributed by atoms with van der Waals surface area (Å²) < 4.78 is 12.1. The van der Waals surface area contributed by atoms with Crippen molar-refractivity contribution in [2.75, 3.05) is 39.8 Å². The summed E-state index contributed by atoms with van der Waals surface area (Å²) in [4.78, 5) is 64.6. The van der Waals surface area contributed by atoms with Crippen LogP contribution in [-0.2, 0) is 38.4 Å². The van der Waals surface area contributed by atoms with E-state index in [1.54, 1.807) is 24.4 Å². The summed E-state index contributed by atoms with van der Waals surface area (Å²) in [5.74, 6) is 0.592. The molecule has 0 saturated carbocycles. The molecule has 7 rings (SSSR count). The smallest absolute Gasteiger partial charge is 0.242 e. The second-order valence-corrected chi connectivity index (χ2v) is 14.5. The van der Waals surface area contributed by atoms with Gasteiger partial charge in [0.1, 0.15) is 12.1 Å². The first-order valence-electron chi connectivity index (χ1n) is 19.0. The van der Waals surface area contributed by atoms with Gasteiger partial charge in [0.25, 0.3) is 0 Å². The number of halogens is 1. The van der Waals surface area contributed by atoms with Gasteiger partial charge in [-0.3, -0.25) is 24.2 Å². The molecule has 2 aromatic carbocycles. The minimum Gasteiger partial charge on any atom is -0.493 e. The molecule has 3 aliphatic rings. The van der Waals surface area contributed by atoms with Gasteiger partial charge in [-0.2, -0.15) is 0 Å². The van der Waals surface area contributed by atoms with Crippen LogP contribution in [0.4, 0.5) is 0 Å². The molecule has 5 heterocycles. The fraction of sp³-hybridized carbons (Fsp3) is 0.405. The third-order valence-corrected chi connectivity index (χ3v) is 10.3. The molecule has 3 N–H and O–H groups in total. The number of likely N-dealkylation sites (tertiary alicyclic amines) is 1. The number of hydrogen-bond donors (Lipinski definition) is 3. The number of pyridine rings is 1. The van der Waals surface area contributed by atoms with Gasteiger partial charge in [-0.25, -0.2) is 0 Å². The number of carbonyl (C=O) groups excluding carboxylic acids is 4. The predicted molar refractivity (Wildman–Crippen MR) is 210 cm³/mol. The van der Waals surface area contributed by atoms with Crippen LogP contribution in [0.5, 0.6) is 11.5 Å². The second-order valence-electron chi connectivity index (χ2n) is 14.0. The Balaban J connectivity index is 1.14. The van der Waals surface area contributed by atoms with Gasteiger partial charge in [0.2, 0.25) is 23.6 Å². The lowest BCUT2D eigenvalue weighted by Crippen LogP contribution is -2.46. The van der Waals surface area contributed by atoms with Gasteiger partial charge in [-0.15, -0.1) is 0 Å². The monoisotopic (exact) mass is 768 g/mol. The molecule has 0 radical (unpaired) electrons. The van der Waals surface area contributed by atoms with Gasteiger partial charge in [0.15, 0.2) is 11.5 Å². The summed E-state index contributed by atoms with van der Waals surface area (Å²) in [7, 11) is 1.56. The maximum atomic E-state index is 13.8. The standard InChI is InChI=1S/C42H49ClN6O6/c1-54-38-24-29-7-16-37(38)55-34-26-36(49(28-34)40(51)18-14-33-13-15-35(47-33)31-9-11-32(43)12-10-31)42(53)46-20-2-3-22-48(23-5-21-45-39(50)17-8-29)41(52)25-30-6-4-19-44-27-30/h4,6-7,9-13,15-16,19,24,27,34,36,47H,2-3,5,8,14,17-18,20-23,25-26,28H2,1H3,(H,45,50)(H,46,53)/t34-,36-/m0/s1. The summed E-state index contributed by atoms with van der Waals surface area (Å²) >= 11 is 6.06. The largest absolute Gasteiger partial charge is 0.493 e. The highest BCUT2D eigenvalue weighted by atomic mass is 35.5. The molecule has 0 spiro atoms. The topological polar surface area (TPSA) is 146 Å². The molecule has 1 fully saturated rings. The highest BCUT2D eigenvalue weighted by molar-refractivity contribution is 6.30. The molecule has 3 aliphatic heterocycles. The van der Waals surface area contributed by atoms with Gasteiger partial charge in [-0.05, 0) is 91.3 Å². The lowest BCUT2D eigenvalue weighted by atomic mass is 10.1. The third-order valence-electron chi connectivity index (χ3n) is 10.1. The number of nitrogens with one attached hydrogen (secondary N) is 3. The summed E-state index contributed by atoms with van der Waals surface area (Å²) in [5, 5.41) is 6.70. The number of carbonyl (C=O) groups is 4. The van der Waals surface area contributed by atoms with Gasteiger partial charge >= 0.3 is 0 Å². The van der Waals surface area contributed by atoms with Crippen molar-refractivity contribution in [1.82, 2.24) is 30.4 Å². The van der Waals surface area contributed by atoms with Crippen molar-refractivity contribution in [3.8, 4) is 22.8 Å². The van der Waals surface area contributed by atoms with Crippen molar-refractivity contribution in [1.29, 1.82) is 0 Å². The molecule has 4 aromatic rings. The Bertz CT molecular complexity index is 1920. The number of ether oxygens (including phenoxy) is 2. The number of aromatic amines is 1. The number of methoxy groups -OCH3 is 1. The van der Waals surface area contributed by atoms with Crippen molar-refractivity contribution < 1.29 is 28.7 Å². The van der Waals surface area contributed by atoms with Crippen LogP contribution in [0.25, 0.3) is 11.3 Å². The number of nitrogens with zero attached hydrogens (tertiary/aromatic N) is 3. The van der Waals surface area contributed by atoms with Gasteiger partial charge in [-0.1, -0.05) is 35.9 Å². The Labute approximate surface area is 326 Å². The zero-order chi connectivity index (χ0) is 38.6. The lowest BCUT2D eigenvalue weighted by Gasteiger charge is -2.24. The van der Waals surface area contributed by atoms with E-state index in [9.17, 15) is 19.2 Å². The fourth-order valence-electron chi connectivity index (χ4n) is 7.07. The molecule has 1 saturated heterocycles.